The maximum Gasteiger partial charge on any atom is 0.141 e. The maximum absolute atomic E-state index is 5.81. The Hall–Kier alpha value is -0.740. The third kappa shape index (κ3) is 2.01. The number of hydrogen-bond acceptors (Lipinski definition) is 3. The van der Waals surface area contributed by atoms with E-state index in [1.165, 1.54) is 0 Å². The van der Waals surface area contributed by atoms with Crippen LogP contribution in [-0.2, 0) is 0 Å². The van der Waals surface area contributed by atoms with Crippen LogP contribution >= 0.6 is 15.9 Å². The van der Waals surface area contributed by atoms with Crippen molar-refractivity contribution in [3.8, 4) is 11.5 Å². The summed E-state index contributed by atoms with van der Waals surface area (Å²) in [4.78, 5) is 0. The molecule has 2 N–H and O–H groups in total. The first-order chi connectivity index (χ1) is 6.61. The fourth-order valence-corrected chi connectivity index (χ4v) is 1.96. The first-order valence-electron chi connectivity index (χ1n) is 4.27. The molecule has 0 aliphatic carbocycles. The lowest BCUT2D eigenvalue weighted by Gasteiger charge is -2.15. The summed E-state index contributed by atoms with van der Waals surface area (Å²) in [6.07, 6.45) is 0. The van der Waals surface area contributed by atoms with E-state index in [1.54, 1.807) is 14.2 Å². The van der Waals surface area contributed by atoms with Crippen molar-refractivity contribution in [1.29, 1.82) is 0 Å². The monoisotopic (exact) mass is 259 g/mol. The largest absolute Gasteiger partial charge is 0.495 e. The van der Waals surface area contributed by atoms with Crippen LogP contribution in [0.15, 0.2) is 16.6 Å². The van der Waals surface area contributed by atoms with Gasteiger partial charge in [0, 0.05) is 11.6 Å². The van der Waals surface area contributed by atoms with Crippen LogP contribution in [-0.4, -0.2) is 14.2 Å². The number of rotatable bonds is 3. The Morgan fingerprint density at radius 3 is 2.36 bits per heavy atom. The molecule has 0 saturated heterocycles. The Balaban J connectivity index is 3.28. The van der Waals surface area contributed by atoms with Crippen LogP contribution in [0.5, 0.6) is 11.5 Å². The van der Waals surface area contributed by atoms with E-state index < -0.39 is 0 Å². The third-order valence-electron chi connectivity index (χ3n) is 2.01. The molecule has 0 radical (unpaired) electrons. The second-order valence-corrected chi connectivity index (χ2v) is 3.79. The molecule has 4 heteroatoms. The highest BCUT2D eigenvalue weighted by atomic mass is 79.9. The summed E-state index contributed by atoms with van der Waals surface area (Å²) in [6.45, 7) is 1.91. The van der Waals surface area contributed by atoms with Gasteiger partial charge >= 0.3 is 0 Å². The van der Waals surface area contributed by atoms with E-state index in [0.29, 0.717) is 0 Å². The summed E-state index contributed by atoms with van der Waals surface area (Å²) in [6, 6.07) is 3.71. The number of nitrogens with two attached hydrogens (primary N) is 1. The van der Waals surface area contributed by atoms with Crippen molar-refractivity contribution < 1.29 is 9.47 Å². The van der Waals surface area contributed by atoms with Crippen LogP contribution in [0.4, 0.5) is 0 Å². The molecule has 0 aliphatic heterocycles. The molecule has 1 unspecified atom stereocenters. The number of methoxy groups -OCH3 is 2. The van der Waals surface area contributed by atoms with Crippen molar-refractivity contribution >= 4 is 15.9 Å². The van der Waals surface area contributed by atoms with Gasteiger partial charge in [-0.25, -0.2) is 0 Å². The standard InChI is InChI=1S/C10H14BrNO2/c1-6(12)7-4-5-8(13-2)9(11)10(7)14-3/h4-6H,12H2,1-3H3. The second kappa shape index (κ2) is 4.66. The van der Waals surface area contributed by atoms with Gasteiger partial charge in [-0.15, -0.1) is 0 Å². The zero-order valence-electron chi connectivity index (χ0n) is 8.50. The van der Waals surface area contributed by atoms with Gasteiger partial charge in [0.2, 0.25) is 0 Å². The van der Waals surface area contributed by atoms with Crippen LogP contribution in [0.2, 0.25) is 0 Å². The number of benzene rings is 1. The van der Waals surface area contributed by atoms with E-state index in [1.807, 2.05) is 19.1 Å². The van der Waals surface area contributed by atoms with Gasteiger partial charge in [-0.05, 0) is 28.9 Å². The zero-order chi connectivity index (χ0) is 10.7. The van der Waals surface area contributed by atoms with E-state index in [2.05, 4.69) is 15.9 Å². The van der Waals surface area contributed by atoms with Crippen LogP contribution in [0, 0.1) is 0 Å². The van der Waals surface area contributed by atoms with E-state index in [-0.39, 0.29) is 6.04 Å². The minimum atomic E-state index is -0.0628. The van der Waals surface area contributed by atoms with Gasteiger partial charge in [0.15, 0.2) is 0 Å². The Kier molecular flexibility index (Phi) is 3.77. The van der Waals surface area contributed by atoms with Crippen LogP contribution in [0.25, 0.3) is 0 Å². The van der Waals surface area contributed by atoms with Crippen molar-refractivity contribution in [2.75, 3.05) is 14.2 Å². The Morgan fingerprint density at radius 2 is 1.93 bits per heavy atom. The molecule has 0 bridgehead atoms. The Bertz CT molecular complexity index is 326. The molecule has 0 spiro atoms. The molecule has 3 nitrogen and oxygen atoms in total. The van der Waals surface area contributed by atoms with Gasteiger partial charge < -0.3 is 15.2 Å². The lowest BCUT2D eigenvalue weighted by atomic mass is 10.1. The summed E-state index contributed by atoms with van der Waals surface area (Å²) in [7, 11) is 3.23. The molecule has 0 saturated carbocycles. The molecule has 1 aromatic rings. The van der Waals surface area contributed by atoms with Gasteiger partial charge in [0.25, 0.3) is 0 Å². The first-order valence-corrected chi connectivity index (χ1v) is 5.07. The smallest absolute Gasteiger partial charge is 0.141 e. The second-order valence-electron chi connectivity index (χ2n) is 2.99. The van der Waals surface area contributed by atoms with Crippen molar-refractivity contribution in [1.82, 2.24) is 0 Å². The van der Waals surface area contributed by atoms with Gasteiger partial charge in [-0.3, -0.25) is 0 Å². The molecular formula is C10H14BrNO2. The highest BCUT2D eigenvalue weighted by molar-refractivity contribution is 9.10. The fourth-order valence-electron chi connectivity index (χ4n) is 1.28. The molecule has 1 rings (SSSR count). The van der Waals surface area contributed by atoms with Crippen molar-refractivity contribution in [3.05, 3.63) is 22.2 Å². The van der Waals surface area contributed by atoms with Crippen LogP contribution in [0.1, 0.15) is 18.5 Å². The predicted octanol–water partition coefficient (Wildman–Crippen LogP) is 2.49. The molecule has 14 heavy (non-hydrogen) atoms. The molecule has 0 aromatic heterocycles. The van der Waals surface area contributed by atoms with E-state index in [9.17, 15) is 0 Å². The normalized spacial score (nSPS) is 12.4. The fraction of sp³-hybridized carbons (Fsp3) is 0.400. The van der Waals surface area contributed by atoms with E-state index in [0.717, 1.165) is 21.5 Å². The lowest BCUT2D eigenvalue weighted by molar-refractivity contribution is 0.384. The minimum Gasteiger partial charge on any atom is -0.495 e. The predicted molar refractivity (Wildman–Crippen MR) is 59.8 cm³/mol. The number of hydrogen-bond donors (Lipinski definition) is 1. The maximum atomic E-state index is 5.81. The minimum absolute atomic E-state index is 0.0628. The Morgan fingerprint density at radius 1 is 1.29 bits per heavy atom. The molecule has 0 aliphatic rings. The number of ether oxygens (including phenoxy) is 2. The third-order valence-corrected chi connectivity index (χ3v) is 2.76. The molecule has 78 valence electrons. The summed E-state index contributed by atoms with van der Waals surface area (Å²) >= 11 is 3.42. The molecule has 1 aromatic carbocycles. The van der Waals surface area contributed by atoms with Gasteiger partial charge in [-0.1, -0.05) is 6.07 Å². The Labute approximate surface area is 92.3 Å². The first kappa shape index (κ1) is 11.3. The quantitative estimate of drug-likeness (QED) is 0.908. The molecule has 1 atom stereocenters. The lowest BCUT2D eigenvalue weighted by Crippen LogP contribution is -2.07. The van der Waals surface area contributed by atoms with Crippen LogP contribution < -0.4 is 15.2 Å². The van der Waals surface area contributed by atoms with E-state index >= 15 is 0 Å². The summed E-state index contributed by atoms with van der Waals surface area (Å²) < 4.78 is 11.2. The summed E-state index contributed by atoms with van der Waals surface area (Å²) in [5, 5.41) is 0. The van der Waals surface area contributed by atoms with Crippen molar-refractivity contribution in [2.24, 2.45) is 5.73 Å². The van der Waals surface area contributed by atoms with Gasteiger partial charge in [-0.2, -0.15) is 0 Å². The zero-order valence-corrected chi connectivity index (χ0v) is 10.1. The van der Waals surface area contributed by atoms with Gasteiger partial charge in [0.1, 0.15) is 16.0 Å². The molecule has 0 heterocycles. The van der Waals surface area contributed by atoms with Gasteiger partial charge in [0.05, 0.1) is 14.2 Å². The molecule has 0 amide bonds. The summed E-state index contributed by atoms with van der Waals surface area (Å²) in [5.74, 6) is 1.48. The topological polar surface area (TPSA) is 44.5 Å². The average Bonchev–Trinajstić information content (AvgIpc) is 2.17. The van der Waals surface area contributed by atoms with E-state index in [4.69, 9.17) is 15.2 Å². The average molecular weight is 260 g/mol. The summed E-state index contributed by atoms with van der Waals surface area (Å²) in [5.41, 5.74) is 6.77. The highest BCUT2D eigenvalue weighted by Crippen LogP contribution is 2.38. The van der Waals surface area contributed by atoms with Crippen molar-refractivity contribution in [3.63, 3.8) is 0 Å². The SMILES string of the molecule is COc1ccc(C(C)N)c(OC)c1Br. The molecular weight excluding hydrogens is 246 g/mol. The number of halogens is 1. The van der Waals surface area contributed by atoms with Crippen molar-refractivity contribution in [2.45, 2.75) is 13.0 Å². The molecule has 0 fully saturated rings. The van der Waals surface area contributed by atoms with Crippen LogP contribution in [0.3, 0.4) is 0 Å². The highest BCUT2D eigenvalue weighted by Gasteiger charge is 2.14.